The second-order valence-electron chi connectivity index (χ2n) is 5.05. The van der Waals surface area contributed by atoms with Crippen LogP contribution < -0.4 is 15.8 Å². The number of nitrogens with one attached hydrogen (secondary N) is 1. The maximum Gasteiger partial charge on any atom is 0.248 e. The highest BCUT2D eigenvalue weighted by atomic mass is 19.1. The van der Waals surface area contributed by atoms with Crippen molar-refractivity contribution in [3.63, 3.8) is 0 Å². The lowest BCUT2D eigenvalue weighted by atomic mass is 10.2. The predicted octanol–water partition coefficient (Wildman–Crippen LogP) is 2.87. The molecule has 0 aromatic heterocycles. The summed E-state index contributed by atoms with van der Waals surface area (Å²) in [6.45, 7) is 0.165. The molecule has 2 aromatic rings. The summed E-state index contributed by atoms with van der Waals surface area (Å²) in [6.07, 6.45) is 2.22. The van der Waals surface area contributed by atoms with Gasteiger partial charge in [-0.1, -0.05) is 6.07 Å². The first-order chi connectivity index (χ1) is 12.0. The molecule has 0 radical (unpaired) electrons. The Hall–Kier alpha value is -3.22. The Balaban J connectivity index is 1.92. The third-order valence-corrected chi connectivity index (χ3v) is 3.14. The number of halogens is 2. The van der Waals surface area contributed by atoms with Gasteiger partial charge in [-0.05, 0) is 42.5 Å². The zero-order valence-electron chi connectivity index (χ0n) is 13.2. The minimum absolute atomic E-state index is 0.107. The van der Waals surface area contributed by atoms with Crippen LogP contribution in [0.15, 0.2) is 48.5 Å². The molecule has 3 N–H and O–H groups in total. The molecule has 25 heavy (non-hydrogen) atoms. The van der Waals surface area contributed by atoms with Gasteiger partial charge >= 0.3 is 0 Å². The molecule has 0 unspecified atom stereocenters. The number of primary amides is 1. The fourth-order valence-electron chi connectivity index (χ4n) is 1.92. The molecule has 5 nitrogen and oxygen atoms in total. The lowest BCUT2D eigenvalue weighted by Gasteiger charge is -2.06. The third kappa shape index (κ3) is 5.72. The van der Waals surface area contributed by atoms with E-state index in [9.17, 15) is 18.4 Å². The highest BCUT2D eigenvalue weighted by Crippen LogP contribution is 2.17. The highest BCUT2D eigenvalue weighted by molar-refractivity contribution is 6.01. The van der Waals surface area contributed by atoms with Crippen molar-refractivity contribution in [1.82, 2.24) is 0 Å². The SMILES string of the molecule is NC(=O)CCOc1ccc(NC(=O)C=Cc2c(F)cccc2F)cc1. The maximum atomic E-state index is 13.5. The van der Waals surface area contributed by atoms with E-state index < -0.39 is 23.4 Å². The Morgan fingerprint density at radius 2 is 1.72 bits per heavy atom. The Morgan fingerprint density at radius 1 is 1.08 bits per heavy atom. The van der Waals surface area contributed by atoms with Crippen molar-refractivity contribution in [2.75, 3.05) is 11.9 Å². The second kappa shape index (κ2) is 8.58. The van der Waals surface area contributed by atoms with E-state index in [2.05, 4.69) is 5.32 Å². The van der Waals surface area contributed by atoms with E-state index in [0.29, 0.717) is 11.4 Å². The predicted molar refractivity (Wildman–Crippen MR) is 89.8 cm³/mol. The van der Waals surface area contributed by atoms with Crippen molar-refractivity contribution in [3.05, 3.63) is 65.7 Å². The topological polar surface area (TPSA) is 81.4 Å². The molecular weight excluding hydrogens is 330 g/mol. The van der Waals surface area contributed by atoms with Gasteiger partial charge in [-0.3, -0.25) is 9.59 Å². The van der Waals surface area contributed by atoms with Gasteiger partial charge in [0, 0.05) is 17.3 Å². The van der Waals surface area contributed by atoms with Crippen molar-refractivity contribution in [1.29, 1.82) is 0 Å². The van der Waals surface area contributed by atoms with Gasteiger partial charge in [0.25, 0.3) is 0 Å². The largest absolute Gasteiger partial charge is 0.493 e. The molecule has 0 saturated carbocycles. The third-order valence-electron chi connectivity index (χ3n) is 3.14. The lowest BCUT2D eigenvalue weighted by molar-refractivity contribution is -0.118. The van der Waals surface area contributed by atoms with Gasteiger partial charge in [0.2, 0.25) is 11.8 Å². The molecule has 0 aliphatic heterocycles. The number of hydrogen-bond acceptors (Lipinski definition) is 3. The minimum Gasteiger partial charge on any atom is -0.493 e. The first-order valence-corrected chi connectivity index (χ1v) is 7.40. The number of carbonyl (C=O) groups excluding carboxylic acids is 2. The van der Waals surface area contributed by atoms with E-state index in [1.54, 1.807) is 24.3 Å². The van der Waals surface area contributed by atoms with Crippen LogP contribution in [0.5, 0.6) is 5.75 Å². The summed E-state index contributed by atoms with van der Waals surface area (Å²) >= 11 is 0. The van der Waals surface area contributed by atoms with Gasteiger partial charge in [-0.2, -0.15) is 0 Å². The number of ether oxygens (including phenoxy) is 1. The van der Waals surface area contributed by atoms with Gasteiger partial charge in [0.15, 0.2) is 0 Å². The van der Waals surface area contributed by atoms with Crippen LogP contribution >= 0.6 is 0 Å². The Labute approximate surface area is 143 Å². The average Bonchev–Trinajstić information content (AvgIpc) is 2.56. The molecule has 0 spiro atoms. The summed E-state index contributed by atoms with van der Waals surface area (Å²) < 4.78 is 32.2. The van der Waals surface area contributed by atoms with Crippen molar-refractivity contribution < 1.29 is 23.1 Å². The van der Waals surface area contributed by atoms with Crippen LogP contribution in [0.4, 0.5) is 14.5 Å². The van der Waals surface area contributed by atoms with E-state index >= 15 is 0 Å². The monoisotopic (exact) mass is 346 g/mol. The van der Waals surface area contributed by atoms with E-state index in [0.717, 1.165) is 24.3 Å². The molecule has 0 aliphatic rings. The molecule has 0 heterocycles. The quantitative estimate of drug-likeness (QED) is 0.757. The maximum absolute atomic E-state index is 13.5. The first kappa shape index (κ1) is 18.1. The van der Waals surface area contributed by atoms with Crippen molar-refractivity contribution in [2.24, 2.45) is 5.73 Å². The van der Waals surface area contributed by atoms with E-state index in [1.165, 1.54) is 6.07 Å². The van der Waals surface area contributed by atoms with Crippen LogP contribution in [-0.4, -0.2) is 18.4 Å². The van der Waals surface area contributed by atoms with Crippen molar-refractivity contribution in [2.45, 2.75) is 6.42 Å². The second-order valence-corrected chi connectivity index (χ2v) is 5.05. The van der Waals surface area contributed by atoms with E-state index in [4.69, 9.17) is 10.5 Å². The number of nitrogens with two attached hydrogens (primary N) is 1. The molecule has 0 atom stereocenters. The zero-order valence-corrected chi connectivity index (χ0v) is 13.2. The van der Waals surface area contributed by atoms with Crippen LogP contribution in [-0.2, 0) is 9.59 Å². The molecule has 130 valence electrons. The van der Waals surface area contributed by atoms with Crippen LogP contribution in [0.2, 0.25) is 0 Å². The summed E-state index contributed by atoms with van der Waals surface area (Å²) in [5, 5.41) is 2.55. The van der Waals surface area contributed by atoms with E-state index in [-0.39, 0.29) is 18.6 Å². The summed E-state index contributed by atoms with van der Waals surface area (Å²) in [7, 11) is 0. The Morgan fingerprint density at radius 3 is 2.32 bits per heavy atom. The summed E-state index contributed by atoms with van der Waals surface area (Å²) in [5.74, 6) is -1.97. The van der Waals surface area contributed by atoms with Crippen LogP contribution in [0.3, 0.4) is 0 Å². The van der Waals surface area contributed by atoms with Gasteiger partial charge in [-0.15, -0.1) is 0 Å². The number of amides is 2. The van der Waals surface area contributed by atoms with Gasteiger partial charge in [-0.25, -0.2) is 8.78 Å². The molecule has 0 saturated heterocycles. The summed E-state index contributed by atoms with van der Waals surface area (Å²) in [5.41, 5.74) is 5.20. The standard InChI is InChI=1S/C18H16F2N2O3/c19-15-2-1-3-16(20)14(15)8-9-18(24)22-12-4-6-13(7-5-12)25-11-10-17(21)23/h1-9H,10-11H2,(H2,21,23)(H,22,24). The number of anilines is 1. The van der Waals surface area contributed by atoms with Gasteiger partial charge in [0.1, 0.15) is 17.4 Å². The minimum atomic E-state index is -0.749. The zero-order chi connectivity index (χ0) is 18.2. The number of benzene rings is 2. The van der Waals surface area contributed by atoms with Gasteiger partial charge < -0.3 is 15.8 Å². The summed E-state index contributed by atoms with van der Waals surface area (Å²) in [6, 6.07) is 9.86. The van der Waals surface area contributed by atoms with Crippen LogP contribution in [0.1, 0.15) is 12.0 Å². The normalized spacial score (nSPS) is 10.6. The fourth-order valence-corrected chi connectivity index (χ4v) is 1.92. The van der Waals surface area contributed by atoms with Crippen LogP contribution in [0.25, 0.3) is 6.08 Å². The number of rotatable bonds is 7. The Bertz CT molecular complexity index is 769. The van der Waals surface area contributed by atoms with Crippen LogP contribution in [0, 0.1) is 11.6 Å². The summed E-state index contributed by atoms with van der Waals surface area (Å²) in [4.78, 5) is 22.4. The average molecular weight is 346 g/mol. The Kier molecular flexibility index (Phi) is 6.22. The molecule has 7 heteroatoms. The smallest absolute Gasteiger partial charge is 0.248 e. The lowest BCUT2D eigenvalue weighted by Crippen LogP contribution is -2.14. The molecule has 0 aliphatic carbocycles. The van der Waals surface area contributed by atoms with E-state index in [1.807, 2.05) is 0 Å². The first-order valence-electron chi connectivity index (χ1n) is 7.40. The highest BCUT2D eigenvalue weighted by Gasteiger charge is 2.05. The molecule has 2 aromatic carbocycles. The molecule has 0 bridgehead atoms. The van der Waals surface area contributed by atoms with Gasteiger partial charge in [0.05, 0.1) is 13.0 Å². The van der Waals surface area contributed by atoms with Crippen molar-refractivity contribution >= 4 is 23.6 Å². The number of carbonyl (C=O) groups is 2. The molecule has 0 fully saturated rings. The molecular formula is C18H16F2N2O3. The molecule has 2 amide bonds. The van der Waals surface area contributed by atoms with Crippen molar-refractivity contribution in [3.8, 4) is 5.75 Å². The number of hydrogen-bond donors (Lipinski definition) is 2. The molecule has 2 rings (SSSR count). The fraction of sp³-hybridized carbons (Fsp3) is 0.111.